The molecule has 0 N–H and O–H groups in total. The van der Waals surface area contributed by atoms with Gasteiger partial charge in [-0.15, -0.1) is 0 Å². The second-order valence-corrected chi connectivity index (χ2v) is 13.5. The quantitative estimate of drug-likeness (QED) is 0.157. The summed E-state index contributed by atoms with van der Waals surface area (Å²) in [7, 11) is 0.454. The Hall–Kier alpha value is -3.86. The first-order valence-corrected chi connectivity index (χ1v) is 17.4. The Morgan fingerprint density at radius 3 is 1.82 bits per heavy atom. The first kappa shape index (κ1) is 31.1. The number of hydrogen-bond donors (Lipinski definition) is 0. The van der Waals surface area contributed by atoms with Crippen LogP contribution >= 0.6 is 0 Å². The summed E-state index contributed by atoms with van der Waals surface area (Å²) >= 11 is 0. The van der Waals surface area contributed by atoms with Crippen LogP contribution in [0.2, 0.25) is 0 Å². The van der Waals surface area contributed by atoms with Gasteiger partial charge >= 0.3 is 8.80 Å². The Labute approximate surface area is 266 Å². The molecule has 0 saturated heterocycles. The Bertz CT molecular complexity index is 1590. The Balaban J connectivity index is 1.37. The maximum absolute atomic E-state index is 7.00. The molecule has 0 fully saturated rings. The van der Waals surface area contributed by atoms with Gasteiger partial charge in [0.1, 0.15) is 29.7 Å². The van der Waals surface area contributed by atoms with Gasteiger partial charge in [-0.3, -0.25) is 4.90 Å². The van der Waals surface area contributed by atoms with Gasteiger partial charge in [0.15, 0.2) is 5.60 Å². The van der Waals surface area contributed by atoms with E-state index in [0.29, 0.717) is 39.3 Å². The van der Waals surface area contributed by atoms with Crippen molar-refractivity contribution in [1.29, 1.82) is 0 Å². The van der Waals surface area contributed by atoms with Crippen molar-refractivity contribution in [1.82, 2.24) is 4.90 Å². The highest BCUT2D eigenvalue weighted by Crippen LogP contribution is 2.46. The molecule has 0 amide bonds. The third kappa shape index (κ3) is 5.94. The van der Waals surface area contributed by atoms with E-state index >= 15 is 0 Å². The highest BCUT2D eigenvalue weighted by atomic mass is 28.4. The number of hydrogen-bond acceptors (Lipinski definition) is 8. The van der Waals surface area contributed by atoms with Gasteiger partial charge in [0.05, 0.1) is 20.4 Å². The molecule has 0 bridgehead atoms. The van der Waals surface area contributed by atoms with E-state index < -0.39 is 14.4 Å². The zero-order chi connectivity index (χ0) is 31.4. The number of ether oxygens (including phenoxy) is 4. The predicted octanol–water partition coefficient (Wildman–Crippen LogP) is 6.95. The van der Waals surface area contributed by atoms with Gasteiger partial charge in [0, 0.05) is 48.6 Å². The molecule has 2 aliphatic heterocycles. The number of fused-ring (bicyclic) bond motifs is 5. The maximum Gasteiger partial charge on any atom is 0.515 e. The Morgan fingerprint density at radius 2 is 1.27 bits per heavy atom. The third-order valence-corrected chi connectivity index (χ3v) is 11.4. The Morgan fingerprint density at radius 1 is 0.711 bits per heavy atom. The Kier molecular flexibility index (Phi) is 9.16. The number of rotatable bonds is 12. The number of benzene rings is 4. The van der Waals surface area contributed by atoms with Crippen molar-refractivity contribution in [2.75, 3.05) is 46.9 Å². The molecule has 2 heterocycles. The van der Waals surface area contributed by atoms with Crippen molar-refractivity contribution in [3.63, 3.8) is 0 Å². The summed E-state index contributed by atoms with van der Waals surface area (Å²) in [6, 6.07) is 24.5. The minimum Gasteiger partial charge on any atom is -0.497 e. The summed E-state index contributed by atoms with van der Waals surface area (Å²) < 4.78 is 42.6. The van der Waals surface area contributed by atoms with Crippen molar-refractivity contribution in [3.05, 3.63) is 101 Å². The van der Waals surface area contributed by atoms with E-state index in [1.807, 2.05) is 45.0 Å². The lowest BCUT2D eigenvalue weighted by molar-refractivity contribution is 0.0351. The van der Waals surface area contributed by atoms with E-state index in [0.717, 1.165) is 56.0 Å². The van der Waals surface area contributed by atoms with Crippen LogP contribution in [0.15, 0.2) is 78.9 Å². The first-order valence-electron chi connectivity index (χ1n) is 15.5. The van der Waals surface area contributed by atoms with E-state index in [4.69, 9.17) is 32.2 Å². The topological polar surface area (TPSA) is 67.9 Å². The van der Waals surface area contributed by atoms with E-state index in [1.54, 1.807) is 14.2 Å². The maximum atomic E-state index is 7.00. The van der Waals surface area contributed by atoms with Gasteiger partial charge in [-0.2, -0.15) is 0 Å². The van der Waals surface area contributed by atoms with Gasteiger partial charge in [0.25, 0.3) is 0 Å². The molecule has 0 aliphatic carbocycles. The zero-order valence-electron chi connectivity index (χ0n) is 26.6. The molecule has 4 aromatic rings. The first-order chi connectivity index (χ1) is 22.0. The monoisotopic (exact) mass is 627 g/mol. The second-order valence-electron chi connectivity index (χ2n) is 11.0. The molecule has 0 unspecified atom stereocenters. The summed E-state index contributed by atoms with van der Waals surface area (Å²) in [5, 5.41) is 2.23. The summed E-state index contributed by atoms with van der Waals surface area (Å²) in [6.45, 7) is 8.68. The van der Waals surface area contributed by atoms with Gasteiger partial charge in [-0.25, -0.2) is 0 Å². The fraction of sp³-hybridized carbons (Fsp3) is 0.333. The van der Waals surface area contributed by atoms with Crippen LogP contribution in [-0.2, 0) is 25.4 Å². The van der Waals surface area contributed by atoms with Crippen molar-refractivity contribution in [3.8, 4) is 23.0 Å². The van der Waals surface area contributed by atoms with E-state index in [9.17, 15) is 0 Å². The van der Waals surface area contributed by atoms with E-state index in [-0.39, 0.29) is 0 Å². The van der Waals surface area contributed by atoms with Crippen molar-refractivity contribution < 1.29 is 32.2 Å². The van der Waals surface area contributed by atoms with E-state index in [1.165, 1.54) is 0 Å². The van der Waals surface area contributed by atoms with Crippen LogP contribution in [0, 0.1) is 0 Å². The van der Waals surface area contributed by atoms with E-state index in [2.05, 4.69) is 65.6 Å². The van der Waals surface area contributed by atoms with Crippen molar-refractivity contribution in [2.45, 2.75) is 32.9 Å². The van der Waals surface area contributed by atoms with Crippen LogP contribution in [0.1, 0.15) is 43.0 Å². The molecule has 45 heavy (non-hydrogen) atoms. The van der Waals surface area contributed by atoms with Crippen LogP contribution in [0.25, 0.3) is 16.8 Å². The number of nitrogens with zero attached hydrogens (tertiary/aromatic N) is 1. The summed E-state index contributed by atoms with van der Waals surface area (Å²) in [4.78, 5) is 2.22. The van der Waals surface area contributed by atoms with Crippen LogP contribution in [0.3, 0.4) is 0 Å². The van der Waals surface area contributed by atoms with Crippen LogP contribution in [0.5, 0.6) is 23.0 Å². The highest BCUT2D eigenvalue weighted by Gasteiger charge is 2.44. The van der Waals surface area contributed by atoms with Crippen LogP contribution < -0.4 is 18.9 Å². The molecule has 0 radical (unpaired) electrons. The fourth-order valence-electron chi connectivity index (χ4n) is 6.30. The van der Waals surface area contributed by atoms with Crippen molar-refractivity contribution in [2.24, 2.45) is 0 Å². The summed E-state index contributed by atoms with van der Waals surface area (Å²) in [6.07, 6.45) is 4.88. The molecular formula is C36H41NO7Si. The standard InChI is InChI=1S/C36H41NO7Si/c1-6-41-45(42-7-2,43-8-3)25-37-23-33-31-18-20-35-32(30(31)17-19-34(33)40-24-37)21-22-36(44-35,26-9-13-28(38-4)14-10-26)27-11-15-29(39-5)16-12-27/h9-22H,6-8,23-25H2,1-5H3. The van der Waals surface area contributed by atoms with Crippen LogP contribution in [0.4, 0.5) is 0 Å². The van der Waals surface area contributed by atoms with Crippen molar-refractivity contribution >= 4 is 25.7 Å². The molecule has 0 aromatic heterocycles. The fourth-order valence-corrected chi connectivity index (χ4v) is 8.89. The lowest BCUT2D eigenvalue weighted by Crippen LogP contribution is -2.56. The molecule has 9 heteroatoms. The molecule has 6 rings (SSSR count). The summed E-state index contributed by atoms with van der Waals surface area (Å²) in [5.74, 6) is 3.28. The predicted molar refractivity (Wildman–Crippen MR) is 177 cm³/mol. The lowest BCUT2D eigenvalue weighted by atomic mass is 9.83. The molecule has 0 spiro atoms. The van der Waals surface area contributed by atoms with Gasteiger partial charge in [-0.05, 0) is 86.2 Å². The number of methoxy groups -OCH3 is 2. The highest BCUT2D eigenvalue weighted by molar-refractivity contribution is 6.60. The smallest absolute Gasteiger partial charge is 0.497 e. The molecule has 0 atom stereocenters. The van der Waals surface area contributed by atoms with Gasteiger partial charge in [-0.1, -0.05) is 30.3 Å². The summed E-state index contributed by atoms with van der Waals surface area (Å²) in [5.41, 5.74) is 3.32. The average molecular weight is 628 g/mol. The molecule has 0 saturated carbocycles. The molecule has 2 aliphatic rings. The third-order valence-electron chi connectivity index (χ3n) is 8.36. The minimum atomic E-state index is -2.89. The molecular weight excluding hydrogens is 586 g/mol. The van der Waals surface area contributed by atoms with Gasteiger partial charge in [0.2, 0.25) is 0 Å². The average Bonchev–Trinajstić information content (AvgIpc) is 3.08. The molecule has 4 aromatic carbocycles. The molecule has 236 valence electrons. The van der Waals surface area contributed by atoms with Crippen LogP contribution in [-0.4, -0.2) is 60.6 Å². The largest absolute Gasteiger partial charge is 0.515 e. The minimum absolute atomic E-state index is 0.445. The normalized spacial score (nSPS) is 15.6. The zero-order valence-corrected chi connectivity index (χ0v) is 27.6. The SMILES string of the molecule is CCO[Si](CN1COc2ccc3c4c(ccc3c2C1)OC(c1ccc(OC)cc1)(c1ccc(OC)cc1)C=C4)(OCC)OCC. The lowest BCUT2D eigenvalue weighted by Gasteiger charge is -2.37. The van der Waals surface area contributed by atoms with Gasteiger partial charge < -0.3 is 32.2 Å². The molecule has 8 nitrogen and oxygen atoms in total. The second kappa shape index (κ2) is 13.2.